The minimum Gasteiger partial charge on any atom is -0.490 e. The molecule has 1 amide bonds. The van der Waals surface area contributed by atoms with Crippen LogP contribution in [0.2, 0.25) is 0 Å². The predicted molar refractivity (Wildman–Crippen MR) is 86.4 cm³/mol. The fourth-order valence-corrected chi connectivity index (χ4v) is 3.31. The predicted octanol–water partition coefficient (Wildman–Crippen LogP) is 2.67. The summed E-state index contributed by atoms with van der Waals surface area (Å²) in [5, 5.41) is 0. The van der Waals surface area contributed by atoms with Gasteiger partial charge in [0.1, 0.15) is 17.6 Å². The van der Waals surface area contributed by atoms with Gasteiger partial charge in [-0.25, -0.2) is 4.79 Å². The van der Waals surface area contributed by atoms with Crippen LogP contribution in [0, 0.1) is 12.8 Å². The molecule has 124 valence electrons. The van der Waals surface area contributed by atoms with E-state index in [2.05, 4.69) is 12.2 Å². The standard InChI is InChI=1S/C18H23NO4/c1-13-11-16(12-17(20)22-13)23-15-7-9-19(10-8-15)18(21)14-5-3-2-4-6-14/h2-3,11-12,14-15H,4-10H2,1H3. The van der Waals surface area contributed by atoms with E-state index in [4.69, 9.17) is 9.15 Å². The van der Waals surface area contributed by atoms with Crippen LogP contribution in [-0.4, -0.2) is 30.0 Å². The van der Waals surface area contributed by atoms with E-state index in [1.165, 1.54) is 6.07 Å². The average molecular weight is 317 g/mol. The minimum atomic E-state index is -0.391. The van der Waals surface area contributed by atoms with Gasteiger partial charge in [0, 0.05) is 37.9 Å². The molecule has 0 aromatic carbocycles. The maximum Gasteiger partial charge on any atom is 0.339 e. The summed E-state index contributed by atoms with van der Waals surface area (Å²) >= 11 is 0. The molecule has 2 heterocycles. The quantitative estimate of drug-likeness (QED) is 0.804. The van der Waals surface area contributed by atoms with Gasteiger partial charge in [0.15, 0.2) is 0 Å². The third-order valence-corrected chi connectivity index (χ3v) is 4.54. The van der Waals surface area contributed by atoms with Crippen molar-refractivity contribution < 1.29 is 13.9 Å². The van der Waals surface area contributed by atoms with Crippen LogP contribution in [0.5, 0.6) is 5.75 Å². The Morgan fingerprint density at radius 1 is 1.22 bits per heavy atom. The van der Waals surface area contributed by atoms with Crippen molar-refractivity contribution in [1.29, 1.82) is 0 Å². The van der Waals surface area contributed by atoms with Crippen molar-refractivity contribution in [3.05, 3.63) is 40.5 Å². The number of piperidine rings is 1. The summed E-state index contributed by atoms with van der Waals surface area (Å²) in [5.41, 5.74) is -0.391. The van der Waals surface area contributed by atoms with Gasteiger partial charge in [-0.3, -0.25) is 4.79 Å². The lowest BCUT2D eigenvalue weighted by Crippen LogP contribution is -2.44. The molecule has 1 aliphatic heterocycles. The molecule has 0 saturated carbocycles. The molecule has 0 radical (unpaired) electrons. The second-order valence-electron chi connectivity index (χ2n) is 6.35. The van der Waals surface area contributed by atoms with E-state index in [0.717, 1.165) is 45.2 Å². The molecule has 1 unspecified atom stereocenters. The molecular weight excluding hydrogens is 294 g/mol. The summed E-state index contributed by atoms with van der Waals surface area (Å²) < 4.78 is 10.8. The second kappa shape index (κ2) is 7.02. The van der Waals surface area contributed by atoms with E-state index < -0.39 is 5.63 Å². The monoisotopic (exact) mass is 317 g/mol. The van der Waals surface area contributed by atoms with E-state index in [1.807, 2.05) is 4.90 Å². The van der Waals surface area contributed by atoms with Gasteiger partial charge in [-0.2, -0.15) is 0 Å². The van der Waals surface area contributed by atoms with E-state index >= 15 is 0 Å². The Balaban J connectivity index is 1.53. The van der Waals surface area contributed by atoms with Crippen LogP contribution in [0.1, 0.15) is 37.9 Å². The normalized spacial score (nSPS) is 22.1. The Hall–Kier alpha value is -2.04. The summed E-state index contributed by atoms with van der Waals surface area (Å²) in [5.74, 6) is 1.54. The number of allylic oxidation sites excluding steroid dienone is 2. The van der Waals surface area contributed by atoms with Crippen molar-refractivity contribution in [2.45, 2.75) is 45.1 Å². The van der Waals surface area contributed by atoms with Gasteiger partial charge >= 0.3 is 5.63 Å². The number of amides is 1. The van der Waals surface area contributed by atoms with Gasteiger partial charge in [-0.05, 0) is 26.2 Å². The molecule has 5 nitrogen and oxygen atoms in total. The third-order valence-electron chi connectivity index (χ3n) is 4.54. The smallest absolute Gasteiger partial charge is 0.339 e. The largest absolute Gasteiger partial charge is 0.490 e. The summed E-state index contributed by atoms with van der Waals surface area (Å²) in [6.07, 6.45) is 8.76. The molecule has 1 atom stereocenters. The van der Waals surface area contributed by atoms with Crippen molar-refractivity contribution in [2.75, 3.05) is 13.1 Å². The number of hydrogen-bond donors (Lipinski definition) is 0. The lowest BCUT2D eigenvalue weighted by Gasteiger charge is -2.34. The van der Waals surface area contributed by atoms with Crippen molar-refractivity contribution in [1.82, 2.24) is 4.90 Å². The molecular formula is C18H23NO4. The molecule has 0 bridgehead atoms. The fourth-order valence-electron chi connectivity index (χ4n) is 3.31. The number of aryl methyl sites for hydroxylation is 1. The van der Waals surface area contributed by atoms with Crippen molar-refractivity contribution >= 4 is 5.91 Å². The molecule has 1 fully saturated rings. The molecule has 0 N–H and O–H groups in total. The van der Waals surface area contributed by atoms with Crippen LogP contribution in [-0.2, 0) is 4.79 Å². The van der Waals surface area contributed by atoms with E-state index in [9.17, 15) is 9.59 Å². The van der Waals surface area contributed by atoms with Gasteiger partial charge in [-0.1, -0.05) is 12.2 Å². The molecule has 0 spiro atoms. The Labute approximate surface area is 135 Å². The zero-order valence-electron chi connectivity index (χ0n) is 13.5. The first-order chi connectivity index (χ1) is 11.1. The molecule has 1 saturated heterocycles. The molecule has 5 heteroatoms. The van der Waals surface area contributed by atoms with E-state index in [0.29, 0.717) is 11.5 Å². The molecule has 1 aliphatic carbocycles. The van der Waals surface area contributed by atoms with Crippen molar-refractivity contribution in [3.63, 3.8) is 0 Å². The summed E-state index contributed by atoms with van der Waals surface area (Å²) in [6, 6.07) is 3.10. The van der Waals surface area contributed by atoms with Crippen LogP contribution in [0.15, 0.2) is 33.5 Å². The molecule has 1 aromatic heterocycles. The van der Waals surface area contributed by atoms with Crippen LogP contribution in [0.25, 0.3) is 0 Å². The maximum absolute atomic E-state index is 12.5. The maximum atomic E-state index is 12.5. The zero-order chi connectivity index (χ0) is 16.2. The van der Waals surface area contributed by atoms with Crippen LogP contribution in [0.3, 0.4) is 0 Å². The number of nitrogens with zero attached hydrogens (tertiary/aromatic N) is 1. The lowest BCUT2D eigenvalue weighted by molar-refractivity contribution is -0.137. The number of likely N-dealkylation sites (tertiary alicyclic amines) is 1. The van der Waals surface area contributed by atoms with Crippen LogP contribution in [0.4, 0.5) is 0 Å². The highest BCUT2D eigenvalue weighted by atomic mass is 16.5. The number of rotatable bonds is 3. The Kier molecular flexibility index (Phi) is 4.84. The first-order valence-corrected chi connectivity index (χ1v) is 8.34. The molecule has 2 aliphatic rings. The van der Waals surface area contributed by atoms with Crippen molar-refractivity contribution in [3.8, 4) is 5.75 Å². The lowest BCUT2D eigenvalue weighted by atomic mass is 9.92. The van der Waals surface area contributed by atoms with Crippen LogP contribution >= 0.6 is 0 Å². The highest BCUT2D eigenvalue weighted by Crippen LogP contribution is 2.24. The first kappa shape index (κ1) is 15.8. The number of hydrogen-bond acceptors (Lipinski definition) is 4. The number of carbonyl (C=O) groups is 1. The van der Waals surface area contributed by atoms with Gasteiger partial charge in [-0.15, -0.1) is 0 Å². The van der Waals surface area contributed by atoms with E-state index in [-0.39, 0.29) is 17.9 Å². The van der Waals surface area contributed by atoms with Gasteiger partial charge in [0.25, 0.3) is 0 Å². The zero-order valence-corrected chi connectivity index (χ0v) is 13.5. The number of carbonyl (C=O) groups excluding carboxylic acids is 1. The Morgan fingerprint density at radius 2 is 2.00 bits per heavy atom. The fraction of sp³-hybridized carbons (Fsp3) is 0.556. The molecule has 23 heavy (non-hydrogen) atoms. The van der Waals surface area contributed by atoms with Gasteiger partial charge in [0.2, 0.25) is 5.91 Å². The highest BCUT2D eigenvalue weighted by molar-refractivity contribution is 5.79. The summed E-state index contributed by atoms with van der Waals surface area (Å²) in [7, 11) is 0. The van der Waals surface area contributed by atoms with Gasteiger partial charge < -0.3 is 14.1 Å². The SMILES string of the molecule is Cc1cc(OC2CCN(C(=O)C3CC=CCC3)CC2)cc(=O)o1. The Morgan fingerprint density at radius 3 is 2.65 bits per heavy atom. The molecule has 1 aromatic rings. The second-order valence-corrected chi connectivity index (χ2v) is 6.35. The van der Waals surface area contributed by atoms with Crippen LogP contribution < -0.4 is 10.4 Å². The van der Waals surface area contributed by atoms with Gasteiger partial charge in [0.05, 0.1) is 6.07 Å². The topological polar surface area (TPSA) is 59.8 Å². The summed E-state index contributed by atoms with van der Waals surface area (Å²) in [4.78, 5) is 25.8. The number of ether oxygens (including phenoxy) is 1. The first-order valence-electron chi connectivity index (χ1n) is 8.34. The molecule has 3 rings (SSSR count). The minimum absolute atomic E-state index is 0.0477. The van der Waals surface area contributed by atoms with Crippen molar-refractivity contribution in [2.24, 2.45) is 5.92 Å². The highest BCUT2D eigenvalue weighted by Gasteiger charge is 2.28. The average Bonchev–Trinajstić information content (AvgIpc) is 2.55. The van der Waals surface area contributed by atoms with E-state index in [1.54, 1.807) is 13.0 Å². The Bertz CT molecular complexity index is 641. The third kappa shape index (κ3) is 4.03. The summed E-state index contributed by atoms with van der Waals surface area (Å²) in [6.45, 7) is 3.18.